The minimum Gasteiger partial charge on any atom is -0.407 e. The maximum Gasteiger partial charge on any atom is 0.246 e. The number of unbranched alkanes of at least 4 members (excludes halogenated alkanes) is 2. The third-order valence-electron chi connectivity index (χ3n) is 10.4. The van der Waals surface area contributed by atoms with Gasteiger partial charge in [-0.25, -0.2) is 0 Å². The third-order valence-corrected chi connectivity index (χ3v) is 14.9. The van der Waals surface area contributed by atoms with Crippen molar-refractivity contribution < 1.29 is 28.4 Å². The lowest BCUT2D eigenvalue weighted by Gasteiger charge is -2.38. The molecule has 3 rings (SSSR count). The number of ketones is 1. The van der Waals surface area contributed by atoms with Crippen LogP contribution in [0, 0.1) is 5.92 Å². The van der Waals surface area contributed by atoms with Crippen LogP contribution in [-0.4, -0.2) is 78.9 Å². The largest absolute Gasteiger partial charge is 0.407 e. The van der Waals surface area contributed by atoms with Gasteiger partial charge in [-0.2, -0.15) is 0 Å². The smallest absolute Gasteiger partial charge is 0.246 e. The van der Waals surface area contributed by atoms with Crippen molar-refractivity contribution in [1.29, 1.82) is 0 Å². The SMILES string of the molecule is CC[C@@]1(C)NC(=O)[C@H](CCCCCC(=O)[C@H](C)O[Si](C)(C)C(C)(C)C)NC(=O)[C@H]2C[C@H](C)CN2C(=O)C(Cc2ccccc2)NC1=O. The molecule has 11 heteroatoms. The molecule has 2 heterocycles. The molecule has 2 saturated heterocycles. The van der Waals surface area contributed by atoms with E-state index in [9.17, 15) is 24.0 Å². The van der Waals surface area contributed by atoms with Crippen LogP contribution in [-0.2, 0) is 34.8 Å². The van der Waals surface area contributed by atoms with E-state index in [1.807, 2.05) is 44.2 Å². The molecule has 0 radical (unpaired) electrons. The molecule has 2 aliphatic rings. The topological polar surface area (TPSA) is 134 Å². The fourth-order valence-corrected chi connectivity index (χ4v) is 7.39. The van der Waals surface area contributed by atoms with Gasteiger partial charge in [-0.3, -0.25) is 24.0 Å². The highest BCUT2D eigenvalue weighted by atomic mass is 28.4. The van der Waals surface area contributed by atoms with Gasteiger partial charge in [0.15, 0.2) is 14.1 Å². The first kappa shape index (κ1) is 38.4. The Kier molecular flexibility index (Phi) is 13.0. The van der Waals surface area contributed by atoms with E-state index >= 15 is 0 Å². The van der Waals surface area contributed by atoms with Crippen LogP contribution in [0.15, 0.2) is 30.3 Å². The van der Waals surface area contributed by atoms with E-state index in [2.05, 4.69) is 49.8 Å². The first-order chi connectivity index (χ1) is 21.9. The van der Waals surface area contributed by atoms with E-state index in [1.54, 1.807) is 18.7 Å². The Balaban J connectivity index is 1.72. The quantitative estimate of drug-likeness (QED) is 0.219. The number of hydrogen-bond donors (Lipinski definition) is 3. The summed E-state index contributed by atoms with van der Waals surface area (Å²) in [5, 5.41) is 8.79. The summed E-state index contributed by atoms with van der Waals surface area (Å²) < 4.78 is 6.26. The Hall–Kier alpha value is -3.05. The van der Waals surface area contributed by atoms with Gasteiger partial charge in [0.1, 0.15) is 29.8 Å². The predicted molar refractivity (Wildman–Crippen MR) is 186 cm³/mol. The average Bonchev–Trinajstić information content (AvgIpc) is 3.40. The van der Waals surface area contributed by atoms with Gasteiger partial charge in [-0.05, 0) is 69.1 Å². The molecule has 1 aromatic rings. The van der Waals surface area contributed by atoms with Crippen LogP contribution in [0.4, 0.5) is 0 Å². The molecule has 2 aliphatic heterocycles. The van der Waals surface area contributed by atoms with Crippen LogP contribution in [0.5, 0.6) is 0 Å². The molecule has 0 aromatic heterocycles. The van der Waals surface area contributed by atoms with Gasteiger partial charge in [-0.1, -0.05) is 77.8 Å². The Morgan fingerprint density at radius 3 is 2.30 bits per heavy atom. The summed E-state index contributed by atoms with van der Waals surface area (Å²) in [7, 11) is -2.06. The van der Waals surface area contributed by atoms with Crippen molar-refractivity contribution in [3.8, 4) is 0 Å². The molecule has 1 aromatic carbocycles. The van der Waals surface area contributed by atoms with E-state index in [4.69, 9.17) is 4.43 Å². The number of carbonyl (C=O) groups excluding carboxylic acids is 5. The van der Waals surface area contributed by atoms with Crippen LogP contribution < -0.4 is 16.0 Å². The molecule has 0 aliphatic carbocycles. The molecule has 0 bridgehead atoms. The number of benzene rings is 1. The molecular weight excluding hydrogens is 613 g/mol. The zero-order valence-electron chi connectivity index (χ0n) is 30.0. The molecule has 4 amide bonds. The summed E-state index contributed by atoms with van der Waals surface area (Å²) in [6.45, 7) is 18.4. The maximum atomic E-state index is 14.0. The summed E-state index contributed by atoms with van der Waals surface area (Å²) in [6, 6.07) is 6.94. The zero-order chi connectivity index (χ0) is 35.2. The second-order valence-electron chi connectivity index (χ2n) is 15.4. The molecule has 3 N–H and O–H groups in total. The van der Waals surface area contributed by atoms with Crippen LogP contribution in [0.3, 0.4) is 0 Å². The Labute approximate surface area is 282 Å². The third kappa shape index (κ3) is 9.98. The molecule has 262 valence electrons. The lowest BCUT2D eigenvalue weighted by molar-refractivity contribution is -0.144. The van der Waals surface area contributed by atoms with Gasteiger partial charge in [0.25, 0.3) is 0 Å². The highest BCUT2D eigenvalue weighted by molar-refractivity contribution is 6.74. The number of amides is 4. The van der Waals surface area contributed by atoms with Crippen molar-refractivity contribution in [2.45, 2.75) is 148 Å². The van der Waals surface area contributed by atoms with Crippen molar-refractivity contribution >= 4 is 37.7 Å². The van der Waals surface area contributed by atoms with Gasteiger partial charge in [0.05, 0.1) is 0 Å². The minimum atomic E-state index is -2.06. The lowest BCUT2D eigenvalue weighted by Crippen LogP contribution is -2.65. The number of nitrogens with one attached hydrogen (secondary N) is 3. The number of hydrogen-bond acceptors (Lipinski definition) is 6. The zero-order valence-corrected chi connectivity index (χ0v) is 31.0. The summed E-state index contributed by atoms with van der Waals surface area (Å²) in [4.78, 5) is 69.6. The molecule has 2 fully saturated rings. The number of carbonyl (C=O) groups is 5. The second kappa shape index (κ2) is 15.9. The molecule has 47 heavy (non-hydrogen) atoms. The molecule has 0 spiro atoms. The van der Waals surface area contributed by atoms with Gasteiger partial charge < -0.3 is 25.3 Å². The lowest BCUT2D eigenvalue weighted by atomic mass is 9.94. The predicted octanol–water partition coefficient (Wildman–Crippen LogP) is 4.66. The monoisotopic (exact) mass is 670 g/mol. The summed E-state index contributed by atoms with van der Waals surface area (Å²) in [5.41, 5.74) is -0.410. The fourth-order valence-electron chi connectivity index (χ4n) is 6.02. The number of fused-ring (bicyclic) bond motifs is 1. The fraction of sp³-hybridized carbons (Fsp3) is 0.694. The first-order valence-corrected chi connectivity index (χ1v) is 20.3. The second-order valence-corrected chi connectivity index (χ2v) is 20.1. The van der Waals surface area contributed by atoms with E-state index < -0.39 is 49.9 Å². The maximum absolute atomic E-state index is 14.0. The van der Waals surface area contributed by atoms with Crippen molar-refractivity contribution in [3.63, 3.8) is 0 Å². The van der Waals surface area contributed by atoms with Crippen molar-refractivity contribution in [2.24, 2.45) is 5.92 Å². The Morgan fingerprint density at radius 2 is 1.68 bits per heavy atom. The van der Waals surface area contributed by atoms with E-state index in [1.165, 1.54) is 0 Å². The van der Waals surface area contributed by atoms with Gasteiger partial charge >= 0.3 is 0 Å². The van der Waals surface area contributed by atoms with Crippen LogP contribution in [0.25, 0.3) is 0 Å². The van der Waals surface area contributed by atoms with Gasteiger partial charge in [0.2, 0.25) is 23.6 Å². The highest BCUT2D eigenvalue weighted by Crippen LogP contribution is 2.37. The standard InChI is InChI=1S/C36H58N4O6Si/c1-10-36(7)34(45)38-28(22-26-17-13-11-14-18-26)33(44)40-23-24(2)21-29(40)32(43)37-27(31(42)39-36)19-15-12-16-20-30(41)25(3)46-47(8,9)35(4,5)6/h11,13-14,17-18,24-25,27-29H,10,12,15-16,19-23H2,1-9H3,(H,37,43)(H,38,45)(H,39,42)/t24-,25-,27-,28?,29+,36+/m0/s1. The van der Waals surface area contributed by atoms with Crippen LogP contribution in [0.1, 0.15) is 99.0 Å². The summed E-state index contributed by atoms with van der Waals surface area (Å²) >= 11 is 0. The minimum absolute atomic E-state index is 0.0133. The summed E-state index contributed by atoms with van der Waals surface area (Å²) in [5.74, 6) is -1.38. The molecule has 0 saturated carbocycles. The molecule has 1 unspecified atom stereocenters. The first-order valence-electron chi connectivity index (χ1n) is 17.4. The number of nitrogens with zero attached hydrogens (tertiary/aromatic N) is 1. The Morgan fingerprint density at radius 1 is 1.02 bits per heavy atom. The summed E-state index contributed by atoms with van der Waals surface area (Å²) in [6.07, 6.45) is 3.23. The van der Waals surface area contributed by atoms with Crippen LogP contribution >= 0.6 is 0 Å². The van der Waals surface area contributed by atoms with Gasteiger partial charge in [-0.15, -0.1) is 0 Å². The van der Waals surface area contributed by atoms with Crippen molar-refractivity contribution in [2.75, 3.05) is 6.54 Å². The number of Topliss-reactive ketones (excluding diaryl/α,β-unsaturated/α-hetero) is 1. The molecule has 6 atom stereocenters. The van der Waals surface area contributed by atoms with Crippen molar-refractivity contribution in [3.05, 3.63) is 35.9 Å². The van der Waals surface area contributed by atoms with E-state index in [-0.39, 0.29) is 41.4 Å². The van der Waals surface area contributed by atoms with E-state index in [0.717, 1.165) is 5.56 Å². The molecular formula is C36H58N4O6Si. The normalized spacial score (nSPS) is 26.8. The van der Waals surface area contributed by atoms with E-state index in [0.29, 0.717) is 45.1 Å². The highest BCUT2D eigenvalue weighted by Gasteiger charge is 2.45. The molecule has 10 nitrogen and oxygen atoms in total. The average molecular weight is 671 g/mol. The van der Waals surface area contributed by atoms with Gasteiger partial charge in [0, 0.05) is 19.4 Å². The Bertz CT molecular complexity index is 1280. The van der Waals surface area contributed by atoms with Crippen LogP contribution in [0.2, 0.25) is 18.1 Å². The number of rotatable bonds is 12. The van der Waals surface area contributed by atoms with Crippen molar-refractivity contribution in [1.82, 2.24) is 20.9 Å².